The first-order chi connectivity index (χ1) is 12.5. The minimum atomic E-state index is -0.323. The van der Waals surface area contributed by atoms with Crippen molar-refractivity contribution in [3.63, 3.8) is 0 Å². The summed E-state index contributed by atoms with van der Waals surface area (Å²) in [6, 6.07) is 8.63. The fourth-order valence-corrected chi connectivity index (χ4v) is 2.88. The Morgan fingerprint density at radius 2 is 1.69 bits per heavy atom. The van der Waals surface area contributed by atoms with Crippen LogP contribution in [-0.2, 0) is 27.2 Å². The Labute approximate surface area is 154 Å². The van der Waals surface area contributed by atoms with Crippen molar-refractivity contribution in [1.29, 1.82) is 0 Å². The molecular weight excluding hydrogens is 330 g/mol. The van der Waals surface area contributed by atoms with Crippen molar-refractivity contribution in [2.24, 2.45) is 5.73 Å². The van der Waals surface area contributed by atoms with Crippen molar-refractivity contribution in [1.82, 2.24) is 10.2 Å². The van der Waals surface area contributed by atoms with Crippen LogP contribution in [0.5, 0.6) is 0 Å². The van der Waals surface area contributed by atoms with E-state index in [4.69, 9.17) is 5.73 Å². The number of unbranched alkanes of at least 4 members (excludes halogenated alkanes) is 1. The predicted octanol–water partition coefficient (Wildman–Crippen LogP) is 1.33. The van der Waals surface area contributed by atoms with Gasteiger partial charge in [-0.25, -0.2) is 0 Å². The van der Waals surface area contributed by atoms with Crippen LogP contribution in [-0.4, -0.2) is 41.8 Å². The van der Waals surface area contributed by atoms with Gasteiger partial charge in [-0.15, -0.1) is 0 Å². The Morgan fingerprint density at radius 1 is 1.08 bits per heavy atom. The number of hydrogen-bond donors (Lipinski definition) is 2. The molecule has 1 aliphatic heterocycles. The summed E-state index contributed by atoms with van der Waals surface area (Å²) in [7, 11) is 0. The monoisotopic (exact) mass is 357 g/mol. The molecule has 0 unspecified atom stereocenters. The van der Waals surface area contributed by atoms with Gasteiger partial charge in [-0.05, 0) is 43.7 Å². The van der Waals surface area contributed by atoms with Crippen LogP contribution in [0.1, 0.15) is 37.3 Å². The third kappa shape index (κ3) is 6.44. The average Bonchev–Trinajstić information content (AvgIpc) is 2.91. The van der Waals surface area contributed by atoms with E-state index in [-0.39, 0.29) is 30.3 Å². The van der Waals surface area contributed by atoms with Crippen molar-refractivity contribution in [3.8, 4) is 0 Å². The summed E-state index contributed by atoms with van der Waals surface area (Å²) in [5.41, 5.74) is 8.30. The van der Waals surface area contributed by atoms with E-state index in [1.165, 1.54) is 23.3 Å². The van der Waals surface area contributed by atoms with Gasteiger partial charge in [0, 0.05) is 37.7 Å². The van der Waals surface area contributed by atoms with E-state index in [1.54, 1.807) is 0 Å². The number of aryl methyl sites for hydroxylation is 1. The molecule has 0 fully saturated rings. The van der Waals surface area contributed by atoms with Gasteiger partial charge < -0.3 is 11.1 Å². The molecular formula is C20H27N3O3. The van der Waals surface area contributed by atoms with E-state index < -0.39 is 0 Å². The van der Waals surface area contributed by atoms with Crippen molar-refractivity contribution in [3.05, 3.63) is 47.5 Å². The lowest BCUT2D eigenvalue weighted by molar-refractivity contribution is -0.137. The smallest absolute Gasteiger partial charge is 0.253 e. The molecule has 1 aliphatic rings. The molecule has 1 aromatic carbocycles. The quantitative estimate of drug-likeness (QED) is 0.488. The van der Waals surface area contributed by atoms with Crippen LogP contribution in [0.3, 0.4) is 0 Å². The molecule has 1 aromatic rings. The summed E-state index contributed by atoms with van der Waals surface area (Å²) in [6.45, 7) is 2.50. The lowest BCUT2D eigenvalue weighted by Gasteiger charge is -2.13. The van der Waals surface area contributed by atoms with Crippen molar-refractivity contribution in [2.75, 3.05) is 13.1 Å². The molecule has 3 N–H and O–H groups in total. The second-order valence-electron chi connectivity index (χ2n) is 6.72. The highest BCUT2D eigenvalue weighted by atomic mass is 16.2. The number of nitrogens with two attached hydrogens (primary N) is 1. The van der Waals surface area contributed by atoms with Gasteiger partial charge >= 0.3 is 0 Å². The fraction of sp³-hybridized carbons (Fsp3) is 0.450. The van der Waals surface area contributed by atoms with Gasteiger partial charge in [-0.3, -0.25) is 19.3 Å². The number of carbonyl (C=O) groups excluding carboxylic acids is 3. The number of benzene rings is 1. The molecule has 0 saturated carbocycles. The molecule has 2 rings (SSSR count). The zero-order valence-corrected chi connectivity index (χ0v) is 15.2. The van der Waals surface area contributed by atoms with Crippen molar-refractivity contribution < 1.29 is 14.4 Å². The van der Waals surface area contributed by atoms with Gasteiger partial charge in [0.25, 0.3) is 11.8 Å². The number of nitrogens with zero attached hydrogens (tertiary/aromatic N) is 1. The highest BCUT2D eigenvalue weighted by molar-refractivity contribution is 6.12. The van der Waals surface area contributed by atoms with Crippen LogP contribution >= 0.6 is 0 Å². The fourth-order valence-electron chi connectivity index (χ4n) is 2.88. The molecule has 0 spiro atoms. The molecule has 0 radical (unpaired) electrons. The normalized spacial score (nSPS) is 14.8. The van der Waals surface area contributed by atoms with E-state index in [1.807, 2.05) is 6.92 Å². The number of rotatable bonds is 10. The van der Waals surface area contributed by atoms with Gasteiger partial charge in [0.15, 0.2) is 0 Å². The van der Waals surface area contributed by atoms with E-state index in [2.05, 4.69) is 29.6 Å². The lowest BCUT2D eigenvalue weighted by atomic mass is 10.0. The minimum Gasteiger partial charge on any atom is -0.354 e. The molecule has 26 heavy (non-hydrogen) atoms. The summed E-state index contributed by atoms with van der Waals surface area (Å²) in [5, 5.41) is 2.75. The lowest BCUT2D eigenvalue weighted by Crippen LogP contribution is -2.38. The number of imide groups is 1. The molecule has 6 heteroatoms. The van der Waals surface area contributed by atoms with Crippen molar-refractivity contribution in [2.45, 2.75) is 45.1 Å². The average molecular weight is 357 g/mol. The van der Waals surface area contributed by atoms with Crippen LogP contribution in [0.2, 0.25) is 0 Å². The largest absolute Gasteiger partial charge is 0.354 e. The van der Waals surface area contributed by atoms with E-state index >= 15 is 0 Å². The summed E-state index contributed by atoms with van der Waals surface area (Å²) in [5.74, 6) is -0.697. The topological polar surface area (TPSA) is 92.5 Å². The predicted molar refractivity (Wildman–Crippen MR) is 100 cm³/mol. The SMILES string of the molecule is C[C@H](N)Cc1ccc(CCCCC(=O)NCCN2C(=O)C=CC2=O)cc1. The van der Waals surface area contributed by atoms with Gasteiger partial charge in [-0.2, -0.15) is 0 Å². The highest BCUT2D eigenvalue weighted by Gasteiger charge is 2.22. The molecule has 0 saturated heterocycles. The number of hydrogen-bond acceptors (Lipinski definition) is 4. The Kier molecular flexibility index (Phi) is 7.53. The zero-order valence-electron chi connectivity index (χ0n) is 15.2. The molecule has 140 valence electrons. The molecule has 1 heterocycles. The van der Waals surface area contributed by atoms with Crippen LogP contribution in [0.25, 0.3) is 0 Å². The summed E-state index contributed by atoms with van der Waals surface area (Å²) in [4.78, 5) is 35.7. The van der Waals surface area contributed by atoms with Crippen LogP contribution in [0.15, 0.2) is 36.4 Å². The second kappa shape index (κ2) is 9.87. The Hall–Kier alpha value is -2.47. The van der Waals surface area contributed by atoms with Gasteiger partial charge in [0.05, 0.1) is 0 Å². The maximum atomic E-state index is 11.8. The van der Waals surface area contributed by atoms with Gasteiger partial charge in [-0.1, -0.05) is 24.3 Å². The third-order valence-electron chi connectivity index (χ3n) is 4.26. The van der Waals surface area contributed by atoms with E-state index in [0.29, 0.717) is 13.0 Å². The van der Waals surface area contributed by atoms with Crippen LogP contribution < -0.4 is 11.1 Å². The molecule has 1 atom stereocenters. The van der Waals surface area contributed by atoms with Crippen LogP contribution in [0, 0.1) is 0 Å². The Morgan fingerprint density at radius 3 is 2.31 bits per heavy atom. The van der Waals surface area contributed by atoms with E-state index in [9.17, 15) is 14.4 Å². The zero-order chi connectivity index (χ0) is 18.9. The summed E-state index contributed by atoms with van der Waals surface area (Å²) >= 11 is 0. The maximum absolute atomic E-state index is 11.8. The van der Waals surface area contributed by atoms with Gasteiger partial charge in [0.1, 0.15) is 0 Å². The molecule has 6 nitrogen and oxygen atoms in total. The highest BCUT2D eigenvalue weighted by Crippen LogP contribution is 2.10. The molecule has 0 aromatic heterocycles. The first kappa shape index (κ1) is 19.8. The molecule has 0 aliphatic carbocycles. The number of nitrogens with one attached hydrogen (secondary N) is 1. The second-order valence-corrected chi connectivity index (χ2v) is 6.72. The first-order valence-corrected chi connectivity index (χ1v) is 9.09. The Balaban J connectivity index is 1.57. The number of amides is 3. The first-order valence-electron chi connectivity index (χ1n) is 9.09. The Bertz CT molecular complexity index is 647. The van der Waals surface area contributed by atoms with E-state index in [0.717, 1.165) is 30.6 Å². The minimum absolute atomic E-state index is 0.0515. The maximum Gasteiger partial charge on any atom is 0.253 e. The molecule has 0 bridgehead atoms. The summed E-state index contributed by atoms with van der Waals surface area (Å²) < 4.78 is 0. The van der Waals surface area contributed by atoms with Gasteiger partial charge in [0.2, 0.25) is 5.91 Å². The number of carbonyl (C=O) groups is 3. The third-order valence-corrected chi connectivity index (χ3v) is 4.26. The standard InChI is InChI=1S/C20H27N3O3/c1-15(21)14-17-8-6-16(7-9-17)4-2-3-5-18(24)22-12-13-23-19(25)10-11-20(23)26/h6-11,15H,2-5,12-14,21H2,1H3,(H,22,24)/t15-/m0/s1. The van der Waals surface area contributed by atoms with Crippen molar-refractivity contribution >= 4 is 17.7 Å². The summed E-state index contributed by atoms with van der Waals surface area (Å²) in [6.07, 6.45) is 6.49. The molecule has 3 amide bonds. The van der Waals surface area contributed by atoms with Crippen LogP contribution in [0.4, 0.5) is 0 Å².